The predicted octanol–water partition coefficient (Wildman–Crippen LogP) is 3.05. The van der Waals surface area contributed by atoms with Crippen LogP contribution in [0.15, 0.2) is 18.2 Å². The van der Waals surface area contributed by atoms with Gasteiger partial charge in [-0.1, -0.05) is 23.8 Å². The molecule has 0 aliphatic carbocycles. The monoisotopic (exact) mass is 195 g/mol. The van der Waals surface area contributed by atoms with Crippen LogP contribution in [0.5, 0.6) is 0 Å². The smallest absolute Gasteiger partial charge is 0.143 e. The van der Waals surface area contributed by atoms with Crippen LogP contribution in [0.2, 0.25) is 0 Å². The van der Waals surface area contributed by atoms with Gasteiger partial charge in [0.25, 0.3) is 0 Å². The average Bonchev–Trinajstić information content (AvgIpc) is 2.06. The zero-order valence-corrected chi connectivity index (χ0v) is 9.26. The second-order valence-corrected chi connectivity index (χ2v) is 4.54. The molecule has 2 heteroatoms. The Bertz CT molecular complexity index is 326. The molecule has 1 nitrogen and oxygen atoms in total. The second-order valence-electron chi connectivity index (χ2n) is 4.54. The zero-order chi connectivity index (χ0) is 10.9. The maximum Gasteiger partial charge on any atom is 0.143 e. The van der Waals surface area contributed by atoms with Crippen molar-refractivity contribution in [1.82, 2.24) is 0 Å². The molecule has 1 rings (SSSR count). The van der Waals surface area contributed by atoms with Gasteiger partial charge in [0, 0.05) is 5.54 Å². The van der Waals surface area contributed by atoms with Crippen LogP contribution in [0.1, 0.15) is 36.7 Å². The number of rotatable bonds is 2. The molecule has 0 saturated carbocycles. The van der Waals surface area contributed by atoms with Crippen LogP contribution in [0.4, 0.5) is 4.39 Å². The van der Waals surface area contributed by atoms with E-state index in [1.807, 2.05) is 32.0 Å². The molecule has 1 unspecified atom stereocenters. The van der Waals surface area contributed by atoms with E-state index < -0.39 is 11.7 Å². The summed E-state index contributed by atoms with van der Waals surface area (Å²) >= 11 is 0. The molecule has 0 aliphatic rings. The van der Waals surface area contributed by atoms with Crippen LogP contribution in [-0.4, -0.2) is 5.54 Å². The number of halogens is 1. The van der Waals surface area contributed by atoms with Gasteiger partial charge in [0.15, 0.2) is 0 Å². The van der Waals surface area contributed by atoms with Gasteiger partial charge in [-0.05, 0) is 38.8 Å². The molecule has 0 heterocycles. The van der Waals surface area contributed by atoms with E-state index >= 15 is 0 Å². The van der Waals surface area contributed by atoms with Crippen molar-refractivity contribution in [3.63, 3.8) is 0 Å². The Morgan fingerprint density at radius 2 is 1.86 bits per heavy atom. The first-order valence-corrected chi connectivity index (χ1v) is 4.82. The fraction of sp³-hybridized carbons (Fsp3) is 0.500. The standard InChI is InChI=1S/C12H18FN/c1-8-5-6-9(2)10(7-8)11(13)12(3,4)14/h5-7,11H,14H2,1-4H3. The fourth-order valence-corrected chi connectivity index (χ4v) is 1.43. The van der Waals surface area contributed by atoms with Crippen molar-refractivity contribution in [2.24, 2.45) is 5.73 Å². The van der Waals surface area contributed by atoms with Crippen molar-refractivity contribution < 1.29 is 4.39 Å². The number of benzene rings is 1. The molecule has 1 aromatic carbocycles. The Hall–Kier alpha value is -0.890. The topological polar surface area (TPSA) is 26.0 Å². The first kappa shape index (κ1) is 11.2. The molecule has 0 radical (unpaired) electrons. The van der Waals surface area contributed by atoms with E-state index in [-0.39, 0.29) is 0 Å². The molecule has 14 heavy (non-hydrogen) atoms. The van der Waals surface area contributed by atoms with Gasteiger partial charge in [0.2, 0.25) is 0 Å². The fourth-order valence-electron chi connectivity index (χ4n) is 1.43. The molecule has 0 saturated heterocycles. The summed E-state index contributed by atoms with van der Waals surface area (Å²) in [5, 5.41) is 0. The van der Waals surface area contributed by atoms with Crippen molar-refractivity contribution in [3.05, 3.63) is 34.9 Å². The summed E-state index contributed by atoms with van der Waals surface area (Å²) < 4.78 is 14.0. The molecule has 2 N–H and O–H groups in total. The van der Waals surface area contributed by atoms with E-state index in [4.69, 9.17) is 5.73 Å². The molecular formula is C12H18FN. The van der Waals surface area contributed by atoms with Crippen LogP contribution in [-0.2, 0) is 0 Å². The first-order chi connectivity index (χ1) is 6.32. The molecule has 0 aliphatic heterocycles. The maximum absolute atomic E-state index is 14.0. The lowest BCUT2D eigenvalue weighted by Gasteiger charge is -2.25. The van der Waals surface area contributed by atoms with Gasteiger partial charge in [0.05, 0.1) is 0 Å². The minimum Gasteiger partial charge on any atom is -0.323 e. The highest BCUT2D eigenvalue weighted by Crippen LogP contribution is 2.30. The molecular weight excluding hydrogens is 177 g/mol. The molecule has 0 fully saturated rings. The average molecular weight is 195 g/mol. The predicted molar refractivity (Wildman–Crippen MR) is 58.0 cm³/mol. The molecule has 0 amide bonds. The number of hydrogen-bond donors (Lipinski definition) is 1. The minimum atomic E-state index is -1.11. The third-order valence-electron chi connectivity index (χ3n) is 2.36. The highest BCUT2D eigenvalue weighted by atomic mass is 19.1. The van der Waals surface area contributed by atoms with Gasteiger partial charge in [-0.25, -0.2) is 4.39 Å². The van der Waals surface area contributed by atoms with E-state index in [2.05, 4.69) is 0 Å². The molecule has 0 bridgehead atoms. The Morgan fingerprint density at radius 1 is 1.29 bits per heavy atom. The maximum atomic E-state index is 14.0. The lowest BCUT2D eigenvalue weighted by Crippen LogP contribution is -2.37. The normalized spacial score (nSPS) is 14.1. The first-order valence-electron chi connectivity index (χ1n) is 4.82. The van der Waals surface area contributed by atoms with Crippen LogP contribution in [0, 0.1) is 13.8 Å². The Morgan fingerprint density at radius 3 is 2.36 bits per heavy atom. The van der Waals surface area contributed by atoms with E-state index in [0.717, 1.165) is 11.1 Å². The molecule has 1 aromatic rings. The Balaban J connectivity index is 3.12. The summed E-state index contributed by atoms with van der Waals surface area (Å²) in [5.74, 6) is 0. The quantitative estimate of drug-likeness (QED) is 0.771. The zero-order valence-electron chi connectivity index (χ0n) is 9.26. The van der Waals surface area contributed by atoms with Gasteiger partial charge in [-0.3, -0.25) is 0 Å². The highest BCUT2D eigenvalue weighted by molar-refractivity contribution is 5.33. The van der Waals surface area contributed by atoms with Gasteiger partial charge in [0.1, 0.15) is 6.17 Å². The highest BCUT2D eigenvalue weighted by Gasteiger charge is 2.27. The van der Waals surface area contributed by atoms with Crippen LogP contribution < -0.4 is 5.73 Å². The summed E-state index contributed by atoms with van der Waals surface area (Å²) in [6.45, 7) is 7.28. The second kappa shape index (κ2) is 3.70. The Labute approximate surface area is 85.1 Å². The summed E-state index contributed by atoms with van der Waals surface area (Å²) in [7, 11) is 0. The van der Waals surface area contributed by atoms with E-state index in [1.165, 1.54) is 0 Å². The lowest BCUT2D eigenvalue weighted by atomic mass is 9.90. The van der Waals surface area contributed by atoms with E-state index in [1.54, 1.807) is 13.8 Å². The molecule has 0 aromatic heterocycles. The van der Waals surface area contributed by atoms with Crippen molar-refractivity contribution in [3.8, 4) is 0 Å². The van der Waals surface area contributed by atoms with Gasteiger partial charge >= 0.3 is 0 Å². The summed E-state index contributed by atoms with van der Waals surface area (Å²) in [6.07, 6.45) is -1.11. The minimum absolute atomic E-state index is 0.706. The molecule has 78 valence electrons. The molecule has 0 spiro atoms. The van der Waals surface area contributed by atoms with Crippen LogP contribution in [0.3, 0.4) is 0 Å². The van der Waals surface area contributed by atoms with Crippen molar-refractivity contribution in [2.75, 3.05) is 0 Å². The summed E-state index contributed by atoms with van der Waals surface area (Å²) in [5.41, 5.74) is 7.67. The van der Waals surface area contributed by atoms with Crippen LogP contribution in [0.25, 0.3) is 0 Å². The Kier molecular flexibility index (Phi) is 2.95. The number of hydrogen-bond acceptors (Lipinski definition) is 1. The SMILES string of the molecule is Cc1ccc(C)c(C(F)C(C)(C)N)c1. The molecule has 1 atom stereocenters. The van der Waals surface area contributed by atoms with E-state index in [9.17, 15) is 4.39 Å². The van der Waals surface area contributed by atoms with Crippen molar-refractivity contribution >= 4 is 0 Å². The number of alkyl halides is 1. The summed E-state index contributed by atoms with van der Waals surface area (Å²) in [4.78, 5) is 0. The number of aryl methyl sites for hydroxylation is 2. The largest absolute Gasteiger partial charge is 0.323 e. The van der Waals surface area contributed by atoms with E-state index in [0.29, 0.717) is 5.56 Å². The third-order valence-corrected chi connectivity index (χ3v) is 2.36. The lowest BCUT2D eigenvalue weighted by molar-refractivity contribution is 0.222. The number of nitrogens with two attached hydrogens (primary N) is 1. The third kappa shape index (κ3) is 2.32. The van der Waals surface area contributed by atoms with Gasteiger partial charge in [-0.15, -0.1) is 0 Å². The van der Waals surface area contributed by atoms with Gasteiger partial charge < -0.3 is 5.73 Å². The van der Waals surface area contributed by atoms with Crippen molar-refractivity contribution in [2.45, 2.75) is 39.4 Å². The van der Waals surface area contributed by atoms with Crippen LogP contribution >= 0.6 is 0 Å². The summed E-state index contributed by atoms with van der Waals surface area (Å²) in [6, 6.07) is 5.78. The van der Waals surface area contributed by atoms with Crippen molar-refractivity contribution in [1.29, 1.82) is 0 Å². The van der Waals surface area contributed by atoms with Gasteiger partial charge in [-0.2, -0.15) is 0 Å².